The van der Waals surface area contributed by atoms with Gasteiger partial charge in [-0.2, -0.15) is 0 Å². The summed E-state index contributed by atoms with van der Waals surface area (Å²) in [6.07, 6.45) is 0.752. The first-order chi connectivity index (χ1) is 4.16. The summed E-state index contributed by atoms with van der Waals surface area (Å²) >= 11 is 0. The maximum Gasteiger partial charge on any atom is 0.162 e. The van der Waals surface area contributed by atoms with E-state index >= 15 is 0 Å². The molecule has 0 aromatic carbocycles. The quantitative estimate of drug-likeness (QED) is 0.492. The second kappa shape index (κ2) is 1.32. The molecule has 0 amide bonds. The van der Waals surface area contributed by atoms with Crippen molar-refractivity contribution >= 4 is 9.84 Å². The van der Waals surface area contributed by atoms with E-state index in [1.54, 1.807) is 0 Å². The van der Waals surface area contributed by atoms with E-state index < -0.39 is 9.84 Å². The molecule has 2 aliphatic heterocycles. The second-order valence-electron chi connectivity index (χ2n) is 2.70. The molecule has 2 heterocycles. The van der Waals surface area contributed by atoms with Crippen LogP contribution in [0.3, 0.4) is 0 Å². The lowest BCUT2D eigenvalue weighted by Crippen LogP contribution is -2.68. The monoisotopic (exact) mass is 146 g/mol. The van der Waals surface area contributed by atoms with Gasteiger partial charge in [0.05, 0.1) is 10.5 Å². The molecule has 0 bridgehead atoms. The summed E-state index contributed by atoms with van der Waals surface area (Å²) in [7, 11) is -2.77. The van der Waals surface area contributed by atoms with Crippen molar-refractivity contribution in [2.75, 3.05) is 13.1 Å². The minimum atomic E-state index is -2.77. The first-order valence-corrected chi connectivity index (χ1v) is 4.50. The summed E-state index contributed by atoms with van der Waals surface area (Å²) in [6.45, 7) is 1.32. The molecule has 2 aliphatic rings. The highest BCUT2D eigenvalue weighted by atomic mass is 32.2. The van der Waals surface area contributed by atoms with Crippen LogP contribution in [-0.4, -0.2) is 26.3 Å². The molecule has 0 atom stereocenters. The number of hydrogen-bond donors (Lipinski definition) is 1. The fraction of sp³-hybridized carbons (Fsp3) is 0.800. The smallest absolute Gasteiger partial charge is 0.162 e. The highest BCUT2D eigenvalue weighted by Crippen LogP contribution is 2.40. The SMILES string of the molecule is O=S1(=O)[CH]CC12CNC2. The van der Waals surface area contributed by atoms with Crippen molar-refractivity contribution in [3.63, 3.8) is 0 Å². The van der Waals surface area contributed by atoms with Crippen LogP contribution >= 0.6 is 0 Å². The Morgan fingerprint density at radius 3 is 2.11 bits per heavy atom. The molecule has 1 radical (unpaired) electrons. The van der Waals surface area contributed by atoms with Gasteiger partial charge in [-0.05, 0) is 6.42 Å². The maximum absolute atomic E-state index is 10.9. The van der Waals surface area contributed by atoms with Crippen LogP contribution in [-0.2, 0) is 9.84 Å². The molecule has 4 heteroatoms. The molecular weight excluding hydrogens is 138 g/mol. The van der Waals surface area contributed by atoms with Crippen molar-refractivity contribution in [3.05, 3.63) is 5.75 Å². The molecule has 1 N–H and O–H groups in total. The van der Waals surface area contributed by atoms with Gasteiger partial charge in [-0.3, -0.25) is 0 Å². The number of hydrogen-bond acceptors (Lipinski definition) is 3. The van der Waals surface area contributed by atoms with E-state index in [4.69, 9.17) is 0 Å². The fourth-order valence-corrected chi connectivity index (χ4v) is 2.72. The molecule has 0 aliphatic carbocycles. The average Bonchev–Trinajstić information content (AvgIpc) is 1.59. The third-order valence-electron chi connectivity index (χ3n) is 2.17. The zero-order chi connectivity index (χ0) is 6.54. The molecular formula is C5H8NO2S. The lowest BCUT2D eigenvalue weighted by atomic mass is 9.98. The van der Waals surface area contributed by atoms with Gasteiger partial charge in [0.25, 0.3) is 0 Å². The lowest BCUT2D eigenvalue weighted by molar-refractivity contribution is 0.342. The van der Waals surface area contributed by atoms with Crippen LogP contribution in [0.4, 0.5) is 0 Å². The van der Waals surface area contributed by atoms with Gasteiger partial charge in [-0.15, -0.1) is 0 Å². The summed E-state index contributed by atoms with van der Waals surface area (Å²) in [5, 5.41) is 2.96. The zero-order valence-electron chi connectivity index (χ0n) is 4.92. The summed E-state index contributed by atoms with van der Waals surface area (Å²) in [4.78, 5) is 0. The van der Waals surface area contributed by atoms with E-state index in [9.17, 15) is 8.42 Å². The molecule has 2 rings (SSSR count). The average molecular weight is 146 g/mol. The van der Waals surface area contributed by atoms with E-state index in [1.165, 1.54) is 5.75 Å². The van der Waals surface area contributed by atoms with Gasteiger partial charge in [-0.1, -0.05) is 0 Å². The third kappa shape index (κ3) is 0.483. The van der Waals surface area contributed by atoms with E-state index in [1.807, 2.05) is 0 Å². The van der Waals surface area contributed by atoms with Crippen LogP contribution in [0.2, 0.25) is 0 Å². The normalized spacial score (nSPS) is 35.1. The third-order valence-corrected chi connectivity index (χ3v) is 4.44. The first kappa shape index (κ1) is 5.68. The molecule has 0 unspecified atom stereocenters. The Hall–Kier alpha value is -0.0900. The van der Waals surface area contributed by atoms with Crippen LogP contribution in [0, 0.1) is 5.75 Å². The molecule has 2 fully saturated rings. The van der Waals surface area contributed by atoms with Gasteiger partial charge in [0, 0.05) is 13.1 Å². The molecule has 3 nitrogen and oxygen atoms in total. The van der Waals surface area contributed by atoms with Gasteiger partial charge >= 0.3 is 0 Å². The molecule has 9 heavy (non-hydrogen) atoms. The van der Waals surface area contributed by atoms with Crippen molar-refractivity contribution in [1.82, 2.24) is 5.32 Å². The van der Waals surface area contributed by atoms with Crippen LogP contribution in [0.15, 0.2) is 0 Å². The predicted octanol–water partition coefficient (Wildman–Crippen LogP) is -0.691. The van der Waals surface area contributed by atoms with E-state index in [0.717, 1.165) is 6.42 Å². The molecule has 0 aromatic rings. The Morgan fingerprint density at radius 1 is 1.44 bits per heavy atom. The van der Waals surface area contributed by atoms with Crippen LogP contribution in [0.25, 0.3) is 0 Å². The van der Waals surface area contributed by atoms with Gasteiger partial charge < -0.3 is 5.32 Å². The second-order valence-corrected chi connectivity index (χ2v) is 4.99. The molecule has 0 aromatic heterocycles. The number of rotatable bonds is 0. The first-order valence-electron chi connectivity index (χ1n) is 2.95. The van der Waals surface area contributed by atoms with Crippen LogP contribution < -0.4 is 5.32 Å². The summed E-state index contributed by atoms with van der Waals surface area (Å²) in [5.41, 5.74) is 0. The lowest BCUT2D eigenvalue weighted by Gasteiger charge is -2.47. The Kier molecular flexibility index (Phi) is 0.833. The van der Waals surface area contributed by atoms with E-state index in [-0.39, 0.29) is 4.75 Å². The van der Waals surface area contributed by atoms with Crippen LogP contribution in [0.5, 0.6) is 0 Å². The highest BCUT2D eigenvalue weighted by molar-refractivity contribution is 7.96. The molecule has 1 spiro atoms. The highest BCUT2D eigenvalue weighted by Gasteiger charge is 2.56. The van der Waals surface area contributed by atoms with Crippen LogP contribution in [0.1, 0.15) is 6.42 Å². The Balaban J connectivity index is 2.33. The van der Waals surface area contributed by atoms with Crippen molar-refractivity contribution in [1.29, 1.82) is 0 Å². The minimum Gasteiger partial charge on any atom is -0.313 e. The van der Waals surface area contributed by atoms with Gasteiger partial charge in [-0.25, -0.2) is 8.42 Å². The summed E-state index contributed by atoms with van der Waals surface area (Å²) in [5.74, 6) is 1.41. The standard InChI is InChI=1S/C5H8NO2S/c7-9(8)2-1-5(9)3-6-4-5/h2,6H,1,3-4H2. The summed E-state index contributed by atoms with van der Waals surface area (Å²) < 4.78 is 21.5. The predicted molar refractivity (Wildman–Crippen MR) is 33.4 cm³/mol. The van der Waals surface area contributed by atoms with Gasteiger partial charge in [0.1, 0.15) is 0 Å². The maximum atomic E-state index is 10.9. The Bertz CT molecular complexity index is 222. The fourth-order valence-electron chi connectivity index (χ4n) is 1.20. The molecule has 2 saturated heterocycles. The van der Waals surface area contributed by atoms with Gasteiger partial charge in [0.15, 0.2) is 9.84 Å². The minimum absolute atomic E-state index is 0.354. The van der Waals surface area contributed by atoms with E-state index in [2.05, 4.69) is 5.32 Å². The van der Waals surface area contributed by atoms with Crippen molar-refractivity contribution < 1.29 is 8.42 Å². The zero-order valence-corrected chi connectivity index (χ0v) is 5.74. The Labute approximate surface area is 54.4 Å². The van der Waals surface area contributed by atoms with Crippen molar-refractivity contribution in [2.24, 2.45) is 0 Å². The summed E-state index contributed by atoms with van der Waals surface area (Å²) in [6, 6.07) is 0. The number of sulfone groups is 1. The van der Waals surface area contributed by atoms with Gasteiger partial charge in [0.2, 0.25) is 0 Å². The van der Waals surface area contributed by atoms with E-state index in [0.29, 0.717) is 13.1 Å². The Morgan fingerprint density at radius 2 is 2.11 bits per heavy atom. The molecule has 0 saturated carbocycles. The topological polar surface area (TPSA) is 46.2 Å². The largest absolute Gasteiger partial charge is 0.313 e. The van der Waals surface area contributed by atoms with Crippen molar-refractivity contribution in [2.45, 2.75) is 11.2 Å². The molecule has 51 valence electrons. The van der Waals surface area contributed by atoms with Crippen molar-refractivity contribution in [3.8, 4) is 0 Å². The number of nitrogens with one attached hydrogen (secondary N) is 1.